The van der Waals surface area contributed by atoms with Crippen LogP contribution < -0.4 is 4.72 Å². The highest BCUT2D eigenvalue weighted by Crippen LogP contribution is 2.17. The Balaban J connectivity index is 1.88. The van der Waals surface area contributed by atoms with Gasteiger partial charge in [-0.3, -0.25) is 0 Å². The van der Waals surface area contributed by atoms with Crippen molar-refractivity contribution in [3.63, 3.8) is 0 Å². The quantitative estimate of drug-likeness (QED) is 0.777. The van der Waals surface area contributed by atoms with E-state index in [1.165, 1.54) is 0 Å². The molecule has 0 saturated carbocycles. The SMILES string of the molecule is C[C@@H]1CN(C)C[C@@H]1NS(=O)(=O)C[C@H]1CCCO1. The van der Waals surface area contributed by atoms with Crippen LogP contribution in [-0.2, 0) is 14.8 Å². The minimum Gasteiger partial charge on any atom is -0.377 e. The first-order valence-corrected chi connectivity index (χ1v) is 7.91. The molecule has 2 heterocycles. The van der Waals surface area contributed by atoms with Crippen LogP contribution in [0.25, 0.3) is 0 Å². The lowest BCUT2D eigenvalue weighted by Gasteiger charge is -2.18. The van der Waals surface area contributed by atoms with Crippen LogP contribution in [0.2, 0.25) is 0 Å². The number of nitrogens with one attached hydrogen (secondary N) is 1. The molecule has 0 amide bonds. The molecule has 6 heteroatoms. The van der Waals surface area contributed by atoms with E-state index in [0.717, 1.165) is 25.9 Å². The van der Waals surface area contributed by atoms with Crippen molar-refractivity contribution in [2.24, 2.45) is 5.92 Å². The highest BCUT2D eigenvalue weighted by Gasteiger charge is 2.32. The molecule has 2 aliphatic rings. The number of hydrogen-bond acceptors (Lipinski definition) is 4. The summed E-state index contributed by atoms with van der Waals surface area (Å²) in [7, 11) is -1.19. The van der Waals surface area contributed by atoms with Gasteiger partial charge in [0.2, 0.25) is 10.0 Å². The highest BCUT2D eigenvalue weighted by atomic mass is 32.2. The van der Waals surface area contributed by atoms with E-state index in [1.54, 1.807) is 0 Å². The molecule has 2 saturated heterocycles. The second-order valence-electron chi connectivity index (χ2n) is 5.34. The fourth-order valence-corrected chi connectivity index (χ4v) is 4.28. The molecule has 0 radical (unpaired) electrons. The van der Waals surface area contributed by atoms with E-state index in [1.807, 2.05) is 7.05 Å². The van der Waals surface area contributed by atoms with E-state index in [4.69, 9.17) is 4.74 Å². The van der Waals surface area contributed by atoms with Crippen LogP contribution in [0.15, 0.2) is 0 Å². The van der Waals surface area contributed by atoms with Gasteiger partial charge in [-0.2, -0.15) is 0 Å². The topological polar surface area (TPSA) is 58.6 Å². The predicted octanol–water partition coefficient (Wildman–Crippen LogP) is 0.0349. The van der Waals surface area contributed by atoms with Gasteiger partial charge in [0, 0.05) is 25.7 Å². The molecule has 0 bridgehead atoms. The van der Waals surface area contributed by atoms with Gasteiger partial charge in [0.05, 0.1) is 11.9 Å². The van der Waals surface area contributed by atoms with E-state index in [0.29, 0.717) is 12.5 Å². The number of hydrogen-bond donors (Lipinski definition) is 1. The van der Waals surface area contributed by atoms with Gasteiger partial charge < -0.3 is 9.64 Å². The lowest BCUT2D eigenvalue weighted by molar-refractivity contribution is 0.127. The molecule has 2 fully saturated rings. The predicted molar refractivity (Wildman–Crippen MR) is 66.3 cm³/mol. The molecule has 3 atom stereocenters. The monoisotopic (exact) mass is 262 g/mol. The molecule has 0 aliphatic carbocycles. The van der Waals surface area contributed by atoms with Crippen LogP contribution in [0.5, 0.6) is 0 Å². The van der Waals surface area contributed by atoms with Crippen molar-refractivity contribution in [1.29, 1.82) is 0 Å². The average molecular weight is 262 g/mol. The minimum absolute atomic E-state index is 0.0476. The molecule has 0 spiro atoms. The normalized spacial score (nSPS) is 35.5. The summed E-state index contributed by atoms with van der Waals surface area (Å²) in [5, 5.41) is 0. The van der Waals surface area contributed by atoms with Gasteiger partial charge in [-0.05, 0) is 25.8 Å². The Bertz CT molecular complexity index is 352. The third kappa shape index (κ3) is 3.64. The molecule has 5 nitrogen and oxygen atoms in total. The molecule has 2 aliphatic heterocycles. The Morgan fingerprint density at radius 1 is 1.41 bits per heavy atom. The van der Waals surface area contributed by atoms with Crippen molar-refractivity contribution in [2.45, 2.75) is 31.9 Å². The number of ether oxygens (including phenoxy) is 1. The maximum atomic E-state index is 12.0. The molecule has 100 valence electrons. The summed E-state index contributed by atoms with van der Waals surface area (Å²) in [6.45, 7) is 4.53. The average Bonchev–Trinajstić information content (AvgIpc) is 2.76. The van der Waals surface area contributed by atoms with Crippen molar-refractivity contribution in [2.75, 3.05) is 32.5 Å². The van der Waals surface area contributed by atoms with Gasteiger partial charge in [-0.15, -0.1) is 0 Å². The summed E-state index contributed by atoms with van der Waals surface area (Å²) < 4.78 is 32.2. The van der Waals surface area contributed by atoms with Crippen LogP contribution >= 0.6 is 0 Å². The summed E-state index contributed by atoms with van der Waals surface area (Å²) in [5.74, 6) is 0.485. The molecule has 1 N–H and O–H groups in total. The Morgan fingerprint density at radius 3 is 2.71 bits per heavy atom. The Hall–Kier alpha value is -0.170. The zero-order valence-corrected chi connectivity index (χ0v) is 11.4. The van der Waals surface area contributed by atoms with Crippen molar-refractivity contribution in [3.8, 4) is 0 Å². The van der Waals surface area contributed by atoms with E-state index >= 15 is 0 Å². The van der Waals surface area contributed by atoms with Crippen LogP contribution in [0.1, 0.15) is 19.8 Å². The van der Waals surface area contributed by atoms with Crippen molar-refractivity contribution >= 4 is 10.0 Å². The van der Waals surface area contributed by atoms with Crippen molar-refractivity contribution < 1.29 is 13.2 Å². The summed E-state index contributed by atoms with van der Waals surface area (Å²) in [6.07, 6.45) is 1.73. The van der Waals surface area contributed by atoms with E-state index in [2.05, 4.69) is 16.5 Å². The van der Waals surface area contributed by atoms with Gasteiger partial charge in [0.15, 0.2) is 0 Å². The number of likely N-dealkylation sites (N-methyl/N-ethyl adjacent to an activating group) is 1. The van der Waals surface area contributed by atoms with E-state index in [9.17, 15) is 8.42 Å². The van der Waals surface area contributed by atoms with E-state index in [-0.39, 0.29) is 17.9 Å². The molecule has 2 rings (SSSR count). The number of rotatable bonds is 4. The molecule has 17 heavy (non-hydrogen) atoms. The van der Waals surface area contributed by atoms with Crippen molar-refractivity contribution in [1.82, 2.24) is 9.62 Å². The van der Waals surface area contributed by atoms with Gasteiger partial charge >= 0.3 is 0 Å². The van der Waals surface area contributed by atoms with Gasteiger partial charge in [-0.1, -0.05) is 6.92 Å². The maximum absolute atomic E-state index is 12.0. The molecular formula is C11H22N2O3S. The van der Waals surface area contributed by atoms with Gasteiger partial charge in [0.1, 0.15) is 0 Å². The first-order chi connectivity index (χ1) is 7.96. The van der Waals surface area contributed by atoms with Crippen LogP contribution in [-0.4, -0.2) is 58.0 Å². The summed E-state index contributed by atoms with van der Waals surface area (Å²) in [5.41, 5.74) is 0. The second-order valence-corrected chi connectivity index (χ2v) is 7.14. The van der Waals surface area contributed by atoms with Gasteiger partial charge in [0.25, 0.3) is 0 Å². The molecule has 0 unspecified atom stereocenters. The summed E-state index contributed by atoms with van der Waals surface area (Å²) in [4.78, 5) is 2.16. The number of sulfonamides is 1. The largest absolute Gasteiger partial charge is 0.377 e. The summed E-state index contributed by atoms with van der Waals surface area (Å²) >= 11 is 0. The zero-order valence-electron chi connectivity index (χ0n) is 10.6. The van der Waals surface area contributed by atoms with Gasteiger partial charge in [-0.25, -0.2) is 13.1 Å². The van der Waals surface area contributed by atoms with Crippen LogP contribution in [0.3, 0.4) is 0 Å². The lowest BCUT2D eigenvalue weighted by Crippen LogP contribution is -2.42. The second kappa shape index (κ2) is 5.22. The van der Waals surface area contributed by atoms with E-state index < -0.39 is 10.0 Å². The lowest BCUT2D eigenvalue weighted by atomic mass is 10.1. The third-order valence-electron chi connectivity index (χ3n) is 3.56. The smallest absolute Gasteiger partial charge is 0.214 e. The highest BCUT2D eigenvalue weighted by molar-refractivity contribution is 7.89. The molecular weight excluding hydrogens is 240 g/mol. The first kappa shape index (κ1) is 13.3. The Labute approximate surface area is 104 Å². The van der Waals surface area contributed by atoms with Crippen LogP contribution in [0.4, 0.5) is 0 Å². The third-order valence-corrected chi connectivity index (χ3v) is 5.03. The zero-order chi connectivity index (χ0) is 12.5. The molecule has 0 aromatic carbocycles. The first-order valence-electron chi connectivity index (χ1n) is 6.26. The molecule has 0 aromatic heterocycles. The Kier molecular flexibility index (Phi) is 4.07. The standard InChI is InChI=1S/C11H22N2O3S/c1-9-6-13(2)7-11(9)12-17(14,15)8-10-4-3-5-16-10/h9-12H,3-8H2,1-2H3/t9-,10-,11+/m1/s1. The van der Waals surface area contributed by atoms with Crippen LogP contribution in [0, 0.1) is 5.92 Å². The maximum Gasteiger partial charge on any atom is 0.214 e. The summed E-state index contributed by atoms with van der Waals surface area (Å²) in [6, 6.07) is 0.0476. The number of likely N-dealkylation sites (tertiary alicyclic amines) is 1. The fraction of sp³-hybridized carbons (Fsp3) is 1.00. The fourth-order valence-electron chi connectivity index (χ4n) is 2.66. The molecule has 0 aromatic rings. The number of nitrogens with zero attached hydrogens (tertiary/aromatic N) is 1. The minimum atomic E-state index is -3.21. The Morgan fingerprint density at radius 2 is 2.18 bits per heavy atom. The van der Waals surface area contributed by atoms with Crippen molar-refractivity contribution in [3.05, 3.63) is 0 Å².